The highest BCUT2D eigenvalue weighted by molar-refractivity contribution is 6.06. The van der Waals surface area contributed by atoms with Crippen molar-refractivity contribution in [1.29, 1.82) is 0 Å². The van der Waals surface area contributed by atoms with Crippen molar-refractivity contribution >= 4 is 23.6 Å². The van der Waals surface area contributed by atoms with Crippen LogP contribution in [0.5, 0.6) is 11.5 Å². The zero-order valence-electron chi connectivity index (χ0n) is 15.7. The SMILES string of the molecule is COC(=O)C1=C(C(=O)OC)N(c2cc(C(=O)OC)cc(OC)c2O)C=CC=C1. The molecule has 28 heavy (non-hydrogen) atoms. The van der Waals surface area contributed by atoms with Gasteiger partial charge in [-0.1, -0.05) is 6.08 Å². The van der Waals surface area contributed by atoms with Crippen molar-refractivity contribution in [2.75, 3.05) is 33.3 Å². The Morgan fingerprint density at radius 3 is 2.11 bits per heavy atom. The second-order valence-electron chi connectivity index (χ2n) is 5.35. The van der Waals surface area contributed by atoms with Crippen LogP contribution < -0.4 is 9.64 Å². The average molecular weight is 389 g/mol. The lowest BCUT2D eigenvalue weighted by molar-refractivity contribution is -0.139. The Morgan fingerprint density at radius 1 is 0.893 bits per heavy atom. The van der Waals surface area contributed by atoms with Gasteiger partial charge in [0.25, 0.3) is 0 Å². The summed E-state index contributed by atoms with van der Waals surface area (Å²) in [7, 11) is 4.81. The minimum atomic E-state index is -0.863. The molecule has 0 saturated carbocycles. The van der Waals surface area contributed by atoms with Crippen molar-refractivity contribution in [2.45, 2.75) is 0 Å². The molecular formula is C19H19NO8. The van der Waals surface area contributed by atoms with Crippen LogP contribution in [0.4, 0.5) is 5.69 Å². The number of phenolic OH excluding ortho intramolecular Hbond substituents is 1. The van der Waals surface area contributed by atoms with Gasteiger partial charge >= 0.3 is 17.9 Å². The fourth-order valence-corrected chi connectivity index (χ4v) is 2.52. The van der Waals surface area contributed by atoms with E-state index < -0.39 is 17.9 Å². The molecule has 1 heterocycles. The van der Waals surface area contributed by atoms with Crippen molar-refractivity contribution in [1.82, 2.24) is 0 Å². The Bertz CT molecular complexity index is 897. The van der Waals surface area contributed by atoms with Crippen LogP contribution in [0, 0.1) is 0 Å². The molecule has 1 N–H and O–H groups in total. The van der Waals surface area contributed by atoms with E-state index in [0.717, 1.165) is 7.11 Å². The van der Waals surface area contributed by atoms with E-state index in [0.29, 0.717) is 0 Å². The molecule has 9 heteroatoms. The monoisotopic (exact) mass is 389 g/mol. The average Bonchev–Trinajstić information content (AvgIpc) is 2.95. The Kier molecular flexibility index (Phi) is 6.43. The molecule has 0 aromatic heterocycles. The predicted molar refractivity (Wildman–Crippen MR) is 97.8 cm³/mol. The van der Waals surface area contributed by atoms with Crippen LogP contribution in [0.15, 0.2) is 47.8 Å². The Balaban J connectivity index is 2.81. The zero-order chi connectivity index (χ0) is 20.8. The molecule has 0 bridgehead atoms. The third-order valence-electron chi connectivity index (χ3n) is 3.84. The number of hydrogen-bond acceptors (Lipinski definition) is 9. The third kappa shape index (κ3) is 3.83. The number of ether oxygens (including phenoxy) is 4. The molecule has 9 nitrogen and oxygen atoms in total. The predicted octanol–water partition coefficient (Wildman–Crippen LogP) is 1.68. The zero-order valence-corrected chi connectivity index (χ0v) is 15.7. The smallest absolute Gasteiger partial charge is 0.355 e. The molecule has 0 aliphatic carbocycles. The summed E-state index contributed by atoms with van der Waals surface area (Å²) in [6.45, 7) is 0. The first-order valence-electron chi connectivity index (χ1n) is 7.93. The number of aromatic hydroxyl groups is 1. The van der Waals surface area contributed by atoms with E-state index in [4.69, 9.17) is 18.9 Å². The van der Waals surface area contributed by atoms with E-state index in [1.807, 2.05) is 0 Å². The Hall–Kier alpha value is -3.75. The normalized spacial score (nSPS) is 13.1. The van der Waals surface area contributed by atoms with E-state index in [1.165, 1.54) is 62.8 Å². The number of esters is 3. The van der Waals surface area contributed by atoms with Gasteiger partial charge in [0.15, 0.2) is 11.5 Å². The Morgan fingerprint density at radius 2 is 1.54 bits per heavy atom. The number of carbonyl (C=O) groups is 3. The van der Waals surface area contributed by atoms with E-state index in [-0.39, 0.29) is 34.0 Å². The highest BCUT2D eigenvalue weighted by Crippen LogP contribution is 2.41. The fourth-order valence-electron chi connectivity index (χ4n) is 2.52. The lowest BCUT2D eigenvalue weighted by Crippen LogP contribution is -2.27. The van der Waals surface area contributed by atoms with Crippen molar-refractivity contribution in [3.8, 4) is 11.5 Å². The summed E-state index contributed by atoms with van der Waals surface area (Å²) in [5, 5.41) is 10.6. The van der Waals surface area contributed by atoms with Crippen LogP contribution in [0.3, 0.4) is 0 Å². The molecule has 0 unspecified atom stereocenters. The quantitative estimate of drug-likeness (QED) is 0.594. The van der Waals surface area contributed by atoms with Crippen molar-refractivity contribution in [3.05, 3.63) is 53.4 Å². The summed E-state index contributed by atoms with van der Waals surface area (Å²) in [4.78, 5) is 37.9. The molecule has 148 valence electrons. The number of phenols is 1. The lowest BCUT2D eigenvalue weighted by Gasteiger charge is -2.25. The van der Waals surface area contributed by atoms with Crippen molar-refractivity contribution in [2.24, 2.45) is 0 Å². The number of carbonyl (C=O) groups excluding carboxylic acids is 3. The van der Waals surface area contributed by atoms with Gasteiger partial charge in [0.2, 0.25) is 0 Å². The molecule has 0 spiro atoms. The van der Waals surface area contributed by atoms with E-state index in [1.54, 1.807) is 0 Å². The van der Waals surface area contributed by atoms with Gasteiger partial charge in [-0.25, -0.2) is 14.4 Å². The lowest BCUT2D eigenvalue weighted by atomic mass is 10.1. The Labute approximate surface area is 161 Å². The molecular weight excluding hydrogens is 370 g/mol. The summed E-state index contributed by atoms with van der Waals surface area (Å²) in [5.74, 6) is -2.74. The summed E-state index contributed by atoms with van der Waals surface area (Å²) < 4.78 is 19.4. The number of anilines is 1. The van der Waals surface area contributed by atoms with Crippen LogP contribution >= 0.6 is 0 Å². The molecule has 0 saturated heterocycles. The van der Waals surface area contributed by atoms with E-state index in [9.17, 15) is 19.5 Å². The van der Waals surface area contributed by atoms with Gasteiger partial charge < -0.3 is 29.0 Å². The van der Waals surface area contributed by atoms with Crippen LogP contribution in [0.25, 0.3) is 0 Å². The highest BCUT2D eigenvalue weighted by atomic mass is 16.5. The first-order chi connectivity index (χ1) is 13.4. The van der Waals surface area contributed by atoms with Gasteiger partial charge in [0, 0.05) is 6.20 Å². The maximum atomic E-state index is 12.5. The minimum absolute atomic E-state index is 0.0125. The van der Waals surface area contributed by atoms with Gasteiger partial charge in [-0.2, -0.15) is 0 Å². The van der Waals surface area contributed by atoms with E-state index >= 15 is 0 Å². The van der Waals surface area contributed by atoms with Gasteiger partial charge in [-0.15, -0.1) is 0 Å². The van der Waals surface area contributed by atoms with Gasteiger partial charge in [-0.05, 0) is 24.3 Å². The fraction of sp³-hybridized carbons (Fsp3) is 0.211. The first-order valence-corrected chi connectivity index (χ1v) is 7.93. The molecule has 1 aromatic rings. The maximum absolute atomic E-state index is 12.5. The standard InChI is InChI=1S/C19H19NO8/c1-25-14-10-11(17(22)26-2)9-13(16(14)21)20-8-6-5-7-12(18(23)27-3)15(20)19(24)28-4/h5-10,21H,1-4H3. The number of hydrogen-bond donors (Lipinski definition) is 1. The number of rotatable bonds is 5. The summed E-state index contributed by atoms with van der Waals surface area (Å²) in [6, 6.07) is 2.57. The molecule has 0 amide bonds. The molecule has 0 atom stereocenters. The number of nitrogens with zero attached hydrogens (tertiary/aromatic N) is 1. The van der Waals surface area contributed by atoms with Crippen LogP contribution in [-0.2, 0) is 23.8 Å². The van der Waals surface area contributed by atoms with Crippen LogP contribution in [0.1, 0.15) is 10.4 Å². The minimum Gasteiger partial charge on any atom is -0.503 e. The molecule has 0 radical (unpaired) electrons. The molecule has 1 aromatic carbocycles. The summed E-state index contributed by atoms with van der Waals surface area (Å²) in [6.07, 6.45) is 5.81. The maximum Gasteiger partial charge on any atom is 0.355 e. The topological polar surface area (TPSA) is 112 Å². The summed E-state index contributed by atoms with van der Waals surface area (Å²) >= 11 is 0. The third-order valence-corrected chi connectivity index (χ3v) is 3.84. The van der Waals surface area contributed by atoms with E-state index in [2.05, 4.69) is 0 Å². The van der Waals surface area contributed by atoms with Crippen molar-refractivity contribution < 1.29 is 38.4 Å². The van der Waals surface area contributed by atoms with Crippen LogP contribution in [-0.4, -0.2) is 51.5 Å². The second-order valence-corrected chi connectivity index (χ2v) is 5.35. The van der Waals surface area contributed by atoms with Gasteiger partial charge in [-0.3, -0.25) is 0 Å². The number of methoxy groups -OCH3 is 4. The van der Waals surface area contributed by atoms with Gasteiger partial charge in [0.05, 0.1) is 45.3 Å². The molecule has 1 aliphatic rings. The van der Waals surface area contributed by atoms with Crippen LogP contribution in [0.2, 0.25) is 0 Å². The largest absolute Gasteiger partial charge is 0.503 e. The van der Waals surface area contributed by atoms with Crippen molar-refractivity contribution in [3.63, 3.8) is 0 Å². The second kappa shape index (κ2) is 8.76. The number of benzene rings is 1. The molecule has 2 rings (SSSR count). The molecule has 0 fully saturated rings. The highest BCUT2D eigenvalue weighted by Gasteiger charge is 2.30. The summed E-state index contributed by atoms with van der Waals surface area (Å²) in [5.41, 5.74) is -0.289. The first kappa shape index (κ1) is 20.6. The molecule has 1 aliphatic heterocycles. The van der Waals surface area contributed by atoms with Gasteiger partial charge in [0.1, 0.15) is 5.70 Å². The number of allylic oxidation sites excluding steroid dienone is 2.